The van der Waals surface area contributed by atoms with Gasteiger partial charge in [-0.2, -0.15) is 5.12 Å². The highest BCUT2D eigenvalue weighted by Crippen LogP contribution is 2.31. The number of halogens is 1. The number of hydrogen-bond donors (Lipinski definition) is 1. The first-order chi connectivity index (χ1) is 16.4. The Labute approximate surface area is 199 Å². The Morgan fingerprint density at radius 1 is 1.21 bits per heavy atom. The molecule has 0 bridgehead atoms. The molecule has 0 atom stereocenters. The average Bonchev–Trinajstić information content (AvgIpc) is 3.34. The number of carbonyl (C=O) groups excluding carboxylic acids is 1. The fourth-order valence-electron chi connectivity index (χ4n) is 4.48. The van der Waals surface area contributed by atoms with Crippen molar-refractivity contribution in [1.29, 1.82) is 0 Å². The van der Waals surface area contributed by atoms with Crippen LogP contribution in [0.1, 0.15) is 15.9 Å². The van der Waals surface area contributed by atoms with Crippen LogP contribution < -0.4 is 10.6 Å². The molecule has 1 saturated heterocycles. The van der Waals surface area contributed by atoms with Crippen molar-refractivity contribution in [2.24, 2.45) is 0 Å². The minimum absolute atomic E-state index is 0.108. The molecule has 4 aromatic rings. The van der Waals surface area contributed by atoms with Gasteiger partial charge in [0.2, 0.25) is 0 Å². The van der Waals surface area contributed by atoms with E-state index < -0.39 is 5.91 Å². The van der Waals surface area contributed by atoms with Gasteiger partial charge in [0, 0.05) is 62.6 Å². The van der Waals surface area contributed by atoms with Gasteiger partial charge in [-0.25, -0.2) is 4.79 Å². The van der Waals surface area contributed by atoms with Crippen LogP contribution in [0.4, 0.5) is 10.2 Å². The number of hydrogen-bond acceptors (Lipinski definition) is 6. The average molecular weight is 481 g/mol. The molecule has 1 aromatic carbocycles. The van der Waals surface area contributed by atoms with Gasteiger partial charge in [-0.15, -0.1) is 11.8 Å². The number of carbonyl (C=O) groups is 1. The van der Waals surface area contributed by atoms with Crippen molar-refractivity contribution < 1.29 is 9.28 Å². The fourth-order valence-corrected chi connectivity index (χ4v) is 5.13. The van der Waals surface area contributed by atoms with Crippen LogP contribution in [-0.4, -0.2) is 69.8 Å². The Balaban J connectivity index is 1.28. The second-order valence-corrected chi connectivity index (χ2v) is 9.21. The third-order valence-corrected chi connectivity index (χ3v) is 6.99. The molecule has 3 aromatic heterocycles. The van der Waals surface area contributed by atoms with E-state index in [-0.39, 0.29) is 10.8 Å². The zero-order valence-corrected chi connectivity index (χ0v) is 19.8. The molecular formula is C24H25FN6O2S. The third-order valence-electron chi connectivity index (χ3n) is 6.22. The molecule has 0 unspecified atom stereocenters. The number of piperazine rings is 1. The summed E-state index contributed by atoms with van der Waals surface area (Å²) in [6.45, 7) is 4.16. The van der Waals surface area contributed by atoms with E-state index in [2.05, 4.69) is 19.8 Å². The van der Waals surface area contributed by atoms with Crippen LogP contribution in [0.2, 0.25) is 0 Å². The lowest BCUT2D eigenvalue weighted by Crippen LogP contribution is -2.46. The Bertz CT molecular complexity index is 1420. The molecule has 1 N–H and O–H groups in total. The van der Waals surface area contributed by atoms with E-state index in [1.165, 1.54) is 0 Å². The van der Waals surface area contributed by atoms with E-state index in [0.717, 1.165) is 72.5 Å². The van der Waals surface area contributed by atoms with E-state index in [1.807, 2.05) is 36.7 Å². The minimum Gasteiger partial charge on any atom is -0.368 e. The van der Waals surface area contributed by atoms with Crippen molar-refractivity contribution >= 4 is 39.9 Å². The molecule has 176 valence electrons. The molecule has 0 radical (unpaired) electrons. The second kappa shape index (κ2) is 9.11. The number of H-pyrrole nitrogens is 1. The van der Waals surface area contributed by atoms with Gasteiger partial charge < -0.3 is 9.88 Å². The van der Waals surface area contributed by atoms with E-state index >= 15 is 0 Å². The first-order valence-corrected chi connectivity index (χ1v) is 12.2. The summed E-state index contributed by atoms with van der Waals surface area (Å²) in [7, 11) is 1.11. The second-order valence-electron chi connectivity index (χ2n) is 8.37. The molecule has 8 nitrogen and oxygen atoms in total. The van der Waals surface area contributed by atoms with E-state index in [0.29, 0.717) is 5.56 Å². The number of anilines is 1. The van der Waals surface area contributed by atoms with Crippen LogP contribution in [0.15, 0.2) is 58.5 Å². The highest BCUT2D eigenvalue weighted by atomic mass is 32.2. The van der Waals surface area contributed by atoms with Crippen molar-refractivity contribution in [3.8, 4) is 0 Å². The number of rotatable bonds is 5. The monoisotopic (exact) mass is 480 g/mol. The highest BCUT2D eigenvalue weighted by molar-refractivity contribution is 7.98. The summed E-state index contributed by atoms with van der Waals surface area (Å²) in [5.41, 5.74) is 4.61. The Morgan fingerprint density at radius 2 is 2.00 bits per heavy atom. The fraction of sp³-hybridized carbons (Fsp3) is 0.292. The van der Waals surface area contributed by atoms with Crippen molar-refractivity contribution in [2.75, 3.05) is 44.4 Å². The molecule has 0 aliphatic carbocycles. The summed E-state index contributed by atoms with van der Waals surface area (Å²) in [6.07, 6.45) is 5.57. The van der Waals surface area contributed by atoms with Gasteiger partial charge in [-0.1, -0.05) is 4.48 Å². The van der Waals surface area contributed by atoms with E-state index in [1.54, 1.807) is 34.5 Å². The Morgan fingerprint density at radius 3 is 2.74 bits per heavy atom. The third kappa shape index (κ3) is 4.14. The predicted molar refractivity (Wildman–Crippen MR) is 132 cm³/mol. The van der Waals surface area contributed by atoms with Gasteiger partial charge in [0.15, 0.2) is 0 Å². The maximum Gasteiger partial charge on any atom is 0.330 e. The maximum absolute atomic E-state index is 13.3. The number of thioether (sulfide) groups is 1. The highest BCUT2D eigenvalue weighted by Gasteiger charge is 2.21. The van der Waals surface area contributed by atoms with Crippen molar-refractivity contribution in [3.05, 3.63) is 70.4 Å². The normalized spacial score (nSPS) is 14.7. The first kappa shape index (κ1) is 22.4. The number of benzene rings is 1. The summed E-state index contributed by atoms with van der Waals surface area (Å²) in [4.78, 5) is 37.4. The number of amides is 1. The zero-order chi connectivity index (χ0) is 23.8. The molecular weight excluding hydrogens is 455 g/mol. The molecule has 1 aliphatic rings. The van der Waals surface area contributed by atoms with Gasteiger partial charge in [-0.3, -0.25) is 19.1 Å². The van der Waals surface area contributed by atoms with Crippen LogP contribution in [0.3, 0.4) is 0 Å². The van der Waals surface area contributed by atoms with Gasteiger partial charge >= 0.3 is 5.69 Å². The smallest absolute Gasteiger partial charge is 0.330 e. The van der Waals surface area contributed by atoms with E-state index in [4.69, 9.17) is 0 Å². The van der Waals surface area contributed by atoms with Crippen molar-refractivity contribution in [3.63, 3.8) is 0 Å². The molecule has 1 fully saturated rings. The lowest BCUT2D eigenvalue weighted by molar-refractivity contribution is 0.0343. The SMILES string of the molecule is CSc1cc(C(=O)N(C)F)ccc1N1CCN(Cc2cnc3c(c2)[nH]c(=O)n2cccc32)CC1. The van der Waals surface area contributed by atoms with E-state index in [9.17, 15) is 14.1 Å². The molecule has 1 amide bonds. The lowest BCUT2D eigenvalue weighted by Gasteiger charge is -2.37. The van der Waals surface area contributed by atoms with Gasteiger partial charge in [0.05, 0.1) is 16.7 Å². The molecule has 0 spiro atoms. The van der Waals surface area contributed by atoms with Gasteiger partial charge in [-0.05, 0) is 48.2 Å². The van der Waals surface area contributed by atoms with Gasteiger partial charge in [0.25, 0.3) is 5.91 Å². The number of nitrogens with zero attached hydrogens (tertiary/aromatic N) is 5. The Kier molecular flexibility index (Phi) is 6.01. The number of aromatic nitrogens is 3. The molecule has 34 heavy (non-hydrogen) atoms. The first-order valence-electron chi connectivity index (χ1n) is 11.0. The van der Waals surface area contributed by atoms with Crippen molar-refractivity contribution in [1.82, 2.24) is 24.4 Å². The number of nitrogens with one attached hydrogen (secondary N) is 1. The summed E-state index contributed by atoms with van der Waals surface area (Å²) >= 11 is 1.55. The zero-order valence-electron chi connectivity index (χ0n) is 19.0. The molecule has 10 heteroatoms. The van der Waals surface area contributed by atoms with Crippen LogP contribution in [0.5, 0.6) is 0 Å². The summed E-state index contributed by atoms with van der Waals surface area (Å²) in [6, 6.07) is 11.1. The number of aromatic amines is 1. The minimum atomic E-state index is -0.644. The molecule has 5 rings (SSSR count). The summed E-state index contributed by atoms with van der Waals surface area (Å²) in [5, 5.41) is 0.108. The molecule has 4 heterocycles. The number of fused-ring (bicyclic) bond motifs is 3. The quantitative estimate of drug-likeness (QED) is 0.349. The summed E-state index contributed by atoms with van der Waals surface area (Å²) < 4.78 is 14.9. The topological polar surface area (TPSA) is 77.0 Å². The number of pyridine rings is 1. The molecule has 1 aliphatic heterocycles. The maximum atomic E-state index is 13.3. The van der Waals surface area contributed by atoms with Gasteiger partial charge in [0.1, 0.15) is 5.52 Å². The standard InChI is InChI=1S/C24H25FN6O2S/c1-28(25)23(32)17-5-6-19(21(13-17)34-2)30-10-8-29(9-11-30)15-16-12-18-22(26-14-16)20-4-3-7-31(20)24(33)27-18/h3-7,12-14H,8-11,15H2,1-2H3,(H,27,33). The lowest BCUT2D eigenvalue weighted by atomic mass is 10.1. The predicted octanol–water partition coefficient (Wildman–Crippen LogP) is 3.18. The van der Waals surface area contributed by atoms with Crippen LogP contribution in [0, 0.1) is 0 Å². The molecule has 0 saturated carbocycles. The largest absolute Gasteiger partial charge is 0.368 e. The van der Waals surface area contributed by atoms with Crippen LogP contribution in [0.25, 0.3) is 16.6 Å². The van der Waals surface area contributed by atoms with Crippen LogP contribution >= 0.6 is 11.8 Å². The Hall–Kier alpha value is -3.37. The van der Waals surface area contributed by atoms with Crippen molar-refractivity contribution in [2.45, 2.75) is 11.4 Å². The summed E-state index contributed by atoms with van der Waals surface area (Å²) in [5.74, 6) is -0.644. The van der Waals surface area contributed by atoms with Crippen LogP contribution in [-0.2, 0) is 6.54 Å².